The summed E-state index contributed by atoms with van der Waals surface area (Å²) in [5.41, 5.74) is 6.16. The molecule has 0 aliphatic rings. The molecule has 128 valence electrons. The summed E-state index contributed by atoms with van der Waals surface area (Å²) in [7, 11) is 1.83. The fraction of sp³-hybridized carbons (Fsp3) is 0.333. The molecule has 2 aromatic rings. The average Bonchev–Trinajstić information content (AvgIpc) is 2.89. The fourth-order valence-corrected chi connectivity index (χ4v) is 2.03. The van der Waals surface area contributed by atoms with E-state index in [-0.39, 0.29) is 49.0 Å². The zero-order valence-electron chi connectivity index (χ0n) is 12.9. The van der Waals surface area contributed by atoms with Crippen molar-refractivity contribution in [3.05, 3.63) is 53.9 Å². The van der Waals surface area contributed by atoms with Crippen molar-refractivity contribution in [2.24, 2.45) is 18.7 Å². The quantitative estimate of drug-likeness (QED) is 0.856. The SMILES string of the molecule is CC(CN)C(=O)NC(c1cccc(F)c1)c1nccn1C.Cl.Cl. The summed E-state index contributed by atoms with van der Waals surface area (Å²) in [6.07, 6.45) is 3.42. The summed E-state index contributed by atoms with van der Waals surface area (Å²) >= 11 is 0. The predicted octanol–water partition coefficient (Wildman–Crippen LogP) is 2.20. The van der Waals surface area contributed by atoms with Crippen LogP contribution in [0.5, 0.6) is 0 Å². The first-order chi connectivity index (χ1) is 10.0. The number of halogens is 3. The lowest BCUT2D eigenvalue weighted by molar-refractivity contribution is -0.124. The van der Waals surface area contributed by atoms with Crippen molar-refractivity contribution in [2.45, 2.75) is 13.0 Å². The molecule has 0 aliphatic heterocycles. The number of carbonyl (C=O) groups excluding carboxylic acids is 1. The highest BCUT2D eigenvalue weighted by Gasteiger charge is 2.23. The highest BCUT2D eigenvalue weighted by Crippen LogP contribution is 2.21. The number of aryl methyl sites for hydroxylation is 1. The molecule has 3 N–H and O–H groups in total. The standard InChI is InChI=1S/C15H19FN4O.2ClH/c1-10(9-17)15(21)19-13(14-18-6-7-20(14)2)11-4-3-5-12(16)8-11;;/h3-8,10,13H,9,17H2,1-2H3,(H,19,21);2*1H. The van der Waals surface area contributed by atoms with Gasteiger partial charge in [0.05, 0.1) is 0 Å². The third kappa shape index (κ3) is 5.20. The van der Waals surface area contributed by atoms with E-state index in [0.29, 0.717) is 11.4 Å². The van der Waals surface area contributed by atoms with Crippen LogP contribution in [-0.2, 0) is 11.8 Å². The van der Waals surface area contributed by atoms with E-state index in [1.165, 1.54) is 12.1 Å². The number of nitrogens with one attached hydrogen (secondary N) is 1. The van der Waals surface area contributed by atoms with Crippen LogP contribution in [0.15, 0.2) is 36.7 Å². The predicted molar refractivity (Wildman–Crippen MR) is 92.3 cm³/mol. The van der Waals surface area contributed by atoms with Gasteiger partial charge in [-0.1, -0.05) is 19.1 Å². The van der Waals surface area contributed by atoms with Gasteiger partial charge in [-0.3, -0.25) is 4.79 Å². The van der Waals surface area contributed by atoms with Crippen LogP contribution in [0.3, 0.4) is 0 Å². The van der Waals surface area contributed by atoms with Crippen molar-refractivity contribution >= 4 is 30.7 Å². The van der Waals surface area contributed by atoms with Crippen molar-refractivity contribution in [1.82, 2.24) is 14.9 Å². The van der Waals surface area contributed by atoms with Gasteiger partial charge in [0.2, 0.25) is 5.91 Å². The Labute approximate surface area is 147 Å². The van der Waals surface area contributed by atoms with Crippen LogP contribution < -0.4 is 11.1 Å². The minimum atomic E-state index is -0.512. The van der Waals surface area contributed by atoms with E-state index in [0.717, 1.165) is 0 Å². The average molecular weight is 363 g/mol. The fourth-order valence-electron chi connectivity index (χ4n) is 2.03. The number of nitrogens with two attached hydrogens (primary N) is 1. The highest BCUT2D eigenvalue weighted by molar-refractivity contribution is 5.85. The minimum Gasteiger partial charge on any atom is -0.342 e. The van der Waals surface area contributed by atoms with Crippen molar-refractivity contribution in [3.63, 3.8) is 0 Å². The van der Waals surface area contributed by atoms with Gasteiger partial charge < -0.3 is 15.6 Å². The second-order valence-electron chi connectivity index (χ2n) is 5.03. The largest absolute Gasteiger partial charge is 0.342 e. The van der Waals surface area contributed by atoms with Crippen LogP contribution in [0.4, 0.5) is 4.39 Å². The summed E-state index contributed by atoms with van der Waals surface area (Å²) in [5, 5.41) is 2.89. The van der Waals surface area contributed by atoms with Crippen LogP contribution in [0.25, 0.3) is 0 Å². The maximum atomic E-state index is 13.5. The van der Waals surface area contributed by atoms with E-state index in [4.69, 9.17) is 5.73 Å². The van der Waals surface area contributed by atoms with E-state index in [9.17, 15) is 9.18 Å². The maximum Gasteiger partial charge on any atom is 0.224 e. The Hall–Kier alpha value is -1.63. The number of imidazole rings is 1. The Bertz CT molecular complexity index is 635. The minimum absolute atomic E-state index is 0. The monoisotopic (exact) mass is 362 g/mol. The smallest absolute Gasteiger partial charge is 0.224 e. The number of amides is 1. The number of nitrogens with zero attached hydrogens (tertiary/aromatic N) is 2. The van der Waals surface area contributed by atoms with Crippen molar-refractivity contribution in [2.75, 3.05) is 6.54 Å². The van der Waals surface area contributed by atoms with Crippen molar-refractivity contribution in [1.29, 1.82) is 0 Å². The van der Waals surface area contributed by atoms with Gasteiger partial charge in [-0.05, 0) is 17.7 Å². The van der Waals surface area contributed by atoms with Gasteiger partial charge in [0, 0.05) is 31.9 Å². The zero-order chi connectivity index (χ0) is 15.4. The van der Waals surface area contributed by atoms with Crippen LogP contribution in [0.1, 0.15) is 24.4 Å². The first-order valence-corrected chi connectivity index (χ1v) is 6.76. The molecule has 0 spiro atoms. The molecule has 8 heteroatoms. The second kappa shape index (κ2) is 9.50. The van der Waals surface area contributed by atoms with Gasteiger partial charge in [-0.2, -0.15) is 0 Å². The first kappa shape index (κ1) is 21.4. The van der Waals surface area contributed by atoms with Gasteiger partial charge in [0.1, 0.15) is 17.7 Å². The maximum absolute atomic E-state index is 13.5. The zero-order valence-corrected chi connectivity index (χ0v) is 14.5. The summed E-state index contributed by atoms with van der Waals surface area (Å²) < 4.78 is 15.3. The Kier molecular flexibility index (Phi) is 8.82. The number of hydrogen-bond acceptors (Lipinski definition) is 3. The summed E-state index contributed by atoms with van der Waals surface area (Å²) in [6, 6.07) is 5.62. The molecule has 23 heavy (non-hydrogen) atoms. The molecule has 1 aromatic carbocycles. The third-order valence-electron chi connectivity index (χ3n) is 3.39. The lowest BCUT2D eigenvalue weighted by atomic mass is 10.0. The summed E-state index contributed by atoms with van der Waals surface area (Å²) in [4.78, 5) is 16.4. The Morgan fingerprint density at radius 2 is 2.13 bits per heavy atom. The molecule has 0 aliphatic carbocycles. The second-order valence-corrected chi connectivity index (χ2v) is 5.03. The van der Waals surface area contributed by atoms with E-state index < -0.39 is 6.04 Å². The number of benzene rings is 1. The number of aromatic nitrogens is 2. The lowest BCUT2D eigenvalue weighted by Gasteiger charge is -2.21. The van der Waals surface area contributed by atoms with Crippen LogP contribution >= 0.6 is 24.8 Å². The molecule has 2 atom stereocenters. The molecular formula is C15H21Cl2FN4O. The topological polar surface area (TPSA) is 72.9 Å². The number of carbonyl (C=O) groups is 1. The molecule has 2 unspecified atom stereocenters. The Morgan fingerprint density at radius 3 is 2.65 bits per heavy atom. The van der Waals surface area contributed by atoms with E-state index in [1.54, 1.807) is 36.0 Å². The Morgan fingerprint density at radius 1 is 1.43 bits per heavy atom. The van der Waals surface area contributed by atoms with E-state index in [1.807, 2.05) is 7.05 Å². The first-order valence-electron chi connectivity index (χ1n) is 6.76. The third-order valence-corrected chi connectivity index (χ3v) is 3.39. The van der Waals surface area contributed by atoms with Gasteiger partial charge in [-0.25, -0.2) is 9.37 Å². The molecule has 0 bridgehead atoms. The molecular weight excluding hydrogens is 342 g/mol. The van der Waals surface area contributed by atoms with Crippen molar-refractivity contribution < 1.29 is 9.18 Å². The van der Waals surface area contributed by atoms with Crippen LogP contribution in [-0.4, -0.2) is 22.0 Å². The molecule has 2 rings (SSSR count). The summed E-state index contributed by atoms with van der Waals surface area (Å²) in [5.74, 6) is -0.220. The van der Waals surface area contributed by atoms with Crippen LogP contribution in [0.2, 0.25) is 0 Å². The van der Waals surface area contributed by atoms with Gasteiger partial charge in [0.25, 0.3) is 0 Å². The van der Waals surface area contributed by atoms with Gasteiger partial charge in [0.15, 0.2) is 0 Å². The van der Waals surface area contributed by atoms with E-state index >= 15 is 0 Å². The van der Waals surface area contributed by atoms with Crippen LogP contribution in [0, 0.1) is 11.7 Å². The lowest BCUT2D eigenvalue weighted by Crippen LogP contribution is -2.37. The highest BCUT2D eigenvalue weighted by atomic mass is 35.5. The molecule has 0 radical (unpaired) electrons. The molecule has 0 saturated carbocycles. The summed E-state index contributed by atoms with van der Waals surface area (Å²) in [6.45, 7) is 2.00. The molecule has 0 fully saturated rings. The van der Waals surface area contributed by atoms with E-state index in [2.05, 4.69) is 10.3 Å². The van der Waals surface area contributed by atoms with Gasteiger partial charge in [-0.15, -0.1) is 24.8 Å². The molecule has 5 nitrogen and oxygen atoms in total. The number of hydrogen-bond donors (Lipinski definition) is 2. The Balaban J connectivity index is 0.00000242. The molecule has 1 heterocycles. The number of rotatable bonds is 5. The molecule has 1 aromatic heterocycles. The van der Waals surface area contributed by atoms with Crippen molar-refractivity contribution in [3.8, 4) is 0 Å². The molecule has 1 amide bonds. The normalized spacial score (nSPS) is 12.5. The van der Waals surface area contributed by atoms with Gasteiger partial charge >= 0.3 is 0 Å². The molecule has 0 saturated heterocycles.